The van der Waals surface area contributed by atoms with Crippen LogP contribution in [-0.2, 0) is 4.79 Å². The van der Waals surface area contributed by atoms with Gasteiger partial charge in [0.1, 0.15) is 0 Å². The van der Waals surface area contributed by atoms with Crippen molar-refractivity contribution in [3.63, 3.8) is 0 Å². The fourth-order valence-electron chi connectivity index (χ4n) is 1.48. The number of nitrogens with one attached hydrogen (secondary N) is 1. The third-order valence-corrected chi connectivity index (χ3v) is 3.54. The van der Waals surface area contributed by atoms with Crippen molar-refractivity contribution < 1.29 is 4.79 Å². The van der Waals surface area contributed by atoms with E-state index in [4.69, 9.17) is 0 Å². The molecule has 0 saturated heterocycles. The van der Waals surface area contributed by atoms with E-state index < -0.39 is 0 Å². The summed E-state index contributed by atoms with van der Waals surface area (Å²) in [6.07, 6.45) is 1.06. The molecule has 0 saturated carbocycles. The van der Waals surface area contributed by atoms with Crippen molar-refractivity contribution >= 4 is 16.9 Å². The normalized spacial score (nSPS) is 10.4. The summed E-state index contributed by atoms with van der Waals surface area (Å²) in [6.45, 7) is 7.53. The van der Waals surface area contributed by atoms with Gasteiger partial charge in [-0.25, -0.2) is 0 Å². The lowest BCUT2D eigenvalue weighted by Crippen LogP contribution is -2.21. The molecule has 2 nitrogen and oxygen atoms in total. The zero-order valence-corrected chi connectivity index (χ0v) is 11.0. The molecule has 0 atom stereocenters. The van der Waals surface area contributed by atoms with Gasteiger partial charge in [0.25, 0.3) is 0 Å². The first-order valence-electron chi connectivity index (χ1n) is 5.62. The molecule has 1 N–H and O–H groups in total. The highest BCUT2D eigenvalue weighted by Crippen LogP contribution is 2.26. The molecule has 0 aliphatic heterocycles. The summed E-state index contributed by atoms with van der Waals surface area (Å²) in [5.41, 5.74) is 2.35. The predicted molar refractivity (Wildman–Crippen MR) is 69.9 cm³/mol. The number of carbonyl (C=O) groups excluding carboxylic acids is 1. The van der Waals surface area contributed by atoms with Crippen molar-refractivity contribution in [3.05, 3.63) is 29.3 Å². The van der Waals surface area contributed by atoms with Crippen LogP contribution in [0.25, 0.3) is 0 Å². The molecule has 0 aliphatic carbocycles. The third kappa shape index (κ3) is 3.99. The average molecular weight is 237 g/mol. The molecule has 3 heteroatoms. The lowest BCUT2D eigenvalue weighted by Gasteiger charge is -2.08. The van der Waals surface area contributed by atoms with Crippen LogP contribution in [0.3, 0.4) is 0 Å². The Kier molecular flexibility index (Phi) is 5.56. The van der Waals surface area contributed by atoms with Gasteiger partial charge in [0.15, 0.2) is 0 Å². The molecule has 0 fully saturated rings. The molecule has 0 aliphatic rings. The average Bonchev–Trinajstić information content (AvgIpc) is 2.24. The second-order valence-electron chi connectivity index (χ2n) is 3.87. The van der Waals surface area contributed by atoms with Crippen molar-refractivity contribution in [1.29, 1.82) is 0 Å². The maximum atomic E-state index is 11.7. The smallest absolute Gasteiger partial charge is 0.207 e. The first kappa shape index (κ1) is 13.3. The van der Waals surface area contributed by atoms with Crippen LogP contribution in [0.5, 0.6) is 0 Å². The molecule has 1 aromatic rings. The summed E-state index contributed by atoms with van der Waals surface area (Å²) >= 11 is 1.35. The summed E-state index contributed by atoms with van der Waals surface area (Å²) in [5.74, 6) is 0. The van der Waals surface area contributed by atoms with E-state index in [2.05, 4.69) is 12.2 Å². The predicted octanol–water partition coefficient (Wildman–Crippen LogP) is 2.92. The summed E-state index contributed by atoms with van der Waals surface area (Å²) in [7, 11) is 0. The molecule has 16 heavy (non-hydrogen) atoms. The summed E-state index contributed by atoms with van der Waals surface area (Å²) < 4.78 is 0. The van der Waals surface area contributed by atoms with Gasteiger partial charge in [-0.05, 0) is 37.9 Å². The summed E-state index contributed by atoms with van der Waals surface area (Å²) in [4.78, 5) is 12.8. The minimum absolute atomic E-state index is 0.186. The molecule has 0 aromatic heterocycles. The molecule has 0 spiro atoms. The van der Waals surface area contributed by atoms with E-state index in [-0.39, 0.29) is 5.12 Å². The van der Waals surface area contributed by atoms with E-state index in [9.17, 15) is 4.79 Å². The van der Waals surface area contributed by atoms with E-state index in [0.717, 1.165) is 17.9 Å². The van der Waals surface area contributed by atoms with Crippen molar-refractivity contribution in [2.24, 2.45) is 0 Å². The first-order valence-corrected chi connectivity index (χ1v) is 6.44. The minimum Gasteiger partial charge on any atom is -0.309 e. The topological polar surface area (TPSA) is 29.1 Å². The SMILES string of the molecule is CCCNCC(=O)Sc1c(C)cccc1C. The van der Waals surface area contributed by atoms with Crippen molar-refractivity contribution in [3.8, 4) is 0 Å². The van der Waals surface area contributed by atoms with Gasteiger partial charge in [0, 0.05) is 4.90 Å². The van der Waals surface area contributed by atoms with Crippen LogP contribution < -0.4 is 5.32 Å². The highest BCUT2D eigenvalue weighted by atomic mass is 32.2. The Morgan fingerprint density at radius 2 is 1.94 bits per heavy atom. The fraction of sp³-hybridized carbons (Fsp3) is 0.462. The number of hydrogen-bond acceptors (Lipinski definition) is 3. The monoisotopic (exact) mass is 237 g/mol. The van der Waals surface area contributed by atoms with Crippen molar-refractivity contribution in [2.45, 2.75) is 32.1 Å². The zero-order chi connectivity index (χ0) is 12.0. The summed E-state index contributed by atoms with van der Waals surface area (Å²) in [6, 6.07) is 6.11. The van der Waals surface area contributed by atoms with Gasteiger partial charge < -0.3 is 5.32 Å². The Bertz CT molecular complexity index is 343. The maximum Gasteiger partial charge on any atom is 0.207 e. The molecule has 0 bridgehead atoms. The fourth-order valence-corrected chi connectivity index (χ4v) is 2.34. The highest BCUT2D eigenvalue weighted by molar-refractivity contribution is 8.13. The van der Waals surface area contributed by atoms with Crippen LogP contribution in [0, 0.1) is 13.8 Å². The number of aryl methyl sites for hydroxylation is 2. The van der Waals surface area contributed by atoms with Gasteiger partial charge in [-0.15, -0.1) is 0 Å². The van der Waals surface area contributed by atoms with E-state index in [1.165, 1.54) is 22.9 Å². The molecule has 1 rings (SSSR count). The highest BCUT2D eigenvalue weighted by Gasteiger charge is 2.08. The van der Waals surface area contributed by atoms with Gasteiger partial charge >= 0.3 is 0 Å². The van der Waals surface area contributed by atoms with E-state index in [0.29, 0.717) is 6.54 Å². The Hall–Kier alpha value is -0.800. The zero-order valence-electron chi connectivity index (χ0n) is 10.2. The van der Waals surface area contributed by atoms with Crippen LogP contribution in [0.4, 0.5) is 0 Å². The standard InChI is InChI=1S/C13H19NOS/c1-4-8-14-9-12(15)16-13-10(2)6-5-7-11(13)3/h5-7,14H,4,8-9H2,1-3H3. The van der Waals surface area contributed by atoms with E-state index in [1.54, 1.807) is 0 Å². The van der Waals surface area contributed by atoms with Crippen LogP contribution in [-0.4, -0.2) is 18.2 Å². The number of rotatable bonds is 5. The van der Waals surface area contributed by atoms with Gasteiger partial charge in [0.05, 0.1) is 6.54 Å². The number of carbonyl (C=O) groups is 1. The Labute approximate surface area is 102 Å². The van der Waals surface area contributed by atoms with Gasteiger partial charge in [-0.2, -0.15) is 0 Å². The van der Waals surface area contributed by atoms with Crippen LogP contribution >= 0.6 is 11.8 Å². The van der Waals surface area contributed by atoms with Gasteiger partial charge in [0.2, 0.25) is 5.12 Å². The Morgan fingerprint density at radius 3 is 2.50 bits per heavy atom. The largest absolute Gasteiger partial charge is 0.309 e. The van der Waals surface area contributed by atoms with Crippen LogP contribution in [0.2, 0.25) is 0 Å². The molecule has 0 amide bonds. The van der Waals surface area contributed by atoms with Crippen molar-refractivity contribution in [1.82, 2.24) is 5.32 Å². The molecular formula is C13H19NOS. The molecule has 0 radical (unpaired) electrons. The lowest BCUT2D eigenvalue weighted by atomic mass is 10.2. The second kappa shape index (κ2) is 6.71. The Balaban J connectivity index is 2.56. The van der Waals surface area contributed by atoms with Crippen LogP contribution in [0.1, 0.15) is 24.5 Å². The maximum absolute atomic E-state index is 11.7. The van der Waals surface area contributed by atoms with Gasteiger partial charge in [-0.3, -0.25) is 4.79 Å². The molecule has 0 heterocycles. The number of thioether (sulfide) groups is 1. The second-order valence-corrected chi connectivity index (χ2v) is 4.94. The lowest BCUT2D eigenvalue weighted by molar-refractivity contribution is -0.110. The number of hydrogen-bond donors (Lipinski definition) is 1. The molecule has 88 valence electrons. The molecular weight excluding hydrogens is 218 g/mol. The van der Waals surface area contributed by atoms with E-state index in [1.807, 2.05) is 32.0 Å². The first-order chi connectivity index (χ1) is 7.65. The van der Waals surface area contributed by atoms with Crippen molar-refractivity contribution in [2.75, 3.05) is 13.1 Å². The third-order valence-electron chi connectivity index (χ3n) is 2.32. The quantitative estimate of drug-likeness (QED) is 0.630. The molecule has 1 aromatic carbocycles. The van der Waals surface area contributed by atoms with E-state index >= 15 is 0 Å². The Morgan fingerprint density at radius 1 is 1.31 bits per heavy atom. The molecule has 0 unspecified atom stereocenters. The summed E-state index contributed by atoms with van der Waals surface area (Å²) in [5, 5.41) is 3.31. The number of benzene rings is 1. The van der Waals surface area contributed by atoms with Crippen LogP contribution in [0.15, 0.2) is 23.1 Å². The van der Waals surface area contributed by atoms with Gasteiger partial charge in [-0.1, -0.05) is 36.9 Å². The minimum atomic E-state index is 0.186.